The van der Waals surface area contributed by atoms with Crippen LogP contribution in [0.25, 0.3) is 0 Å². The Balaban J connectivity index is 1.48. The lowest BCUT2D eigenvalue weighted by molar-refractivity contribution is 0.100. The second-order valence-corrected chi connectivity index (χ2v) is 7.00. The fraction of sp³-hybridized carbons (Fsp3) is 1.00. The van der Waals surface area contributed by atoms with Crippen molar-refractivity contribution in [3.05, 3.63) is 0 Å². The predicted molar refractivity (Wildman–Crippen MR) is 75.7 cm³/mol. The van der Waals surface area contributed by atoms with E-state index in [2.05, 4.69) is 24.0 Å². The molecule has 0 atom stereocenters. The smallest absolute Gasteiger partial charge is 0.0476 e. The molecule has 2 aliphatic rings. The summed E-state index contributed by atoms with van der Waals surface area (Å²) in [5, 5.41) is 4.59. The van der Waals surface area contributed by atoms with Gasteiger partial charge in [0.15, 0.2) is 0 Å². The molecule has 2 fully saturated rings. The normalized spacial score (nSPS) is 31.6. The van der Waals surface area contributed by atoms with E-state index in [0.29, 0.717) is 0 Å². The van der Waals surface area contributed by atoms with E-state index in [4.69, 9.17) is 4.74 Å². The first-order chi connectivity index (χ1) is 8.34. The Kier molecular flexibility index (Phi) is 6.16. The van der Waals surface area contributed by atoms with Crippen LogP contribution in [0.1, 0.15) is 45.4 Å². The zero-order valence-corrected chi connectivity index (χ0v) is 11.9. The first-order valence-corrected chi connectivity index (χ1v) is 8.32. The van der Waals surface area contributed by atoms with Crippen LogP contribution in [-0.2, 0) is 4.74 Å². The fourth-order valence-electron chi connectivity index (χ4n) is 2.80. The molecular formula is C14H27NOS. The van der Waals surface area contributed by atoms with Gasteiger partial charge in [-0.05, 0) is 44.4 Å². The lowest BCUT2D eigenvalue weighted by Gasteiger charge is -2.27. The van der Waals surface area contributed by atoms with Crippen LogP contribution in [0.3, 0.4) is 0 Å². The van der Waals surface area contributed by atoms with E-state index in [1.54, 1.807) is 0 Å². The summed E-state index contributed by atoms with van der Waals surface area (Å²) in [5.74, 6) is 2.24. The molecule has 0 bridgehead atoms. The third kappa shape index (κ3) is 5.19. The summed E-state index contributed by atoms with van der Waals surface area (Å²) in [6.07, 6.45) is 8.14. The minimum absolute atomic E-state index is 0.807. The quantitative estimate of drug-likeness (QED) is 0.765. The van der Waals surface area contributed by atoms with Gasteiger partial charge in [0, 0.05) is 36.8 Å². The number of rotatable bonds is 5. The lowest BCUT2D eigenvalue weighted by Crippen LogP contribution is -2.34. The Labute approximate surface area is 110 Å². The van der Waals surface area contributed by atoms with E-state index >= 15 is 0 Å². The second kappa shape index (κ2) is 7.65. The van der Waals surface area contributed by atoms with Gasteiger partial charge in [-0.15, -0.1) is 0 Å². The molecule has 17 heavy (non-hydrogen) atoms. The van der Waals surface area contributed by atoms with Crippen LogP contribution < -0.4 is 5.32 Å². The molecule has 3 heteroatoms. The molecule has 100 valence electrons. The van der Waals surface area contributed by atoms with E-state index in [0.717, 1.165) is 30.4 Å². The number of hydrogen-bond acceptors (Lipinski definition) is 3. The van der Waals surface area contributed by atoms with Crippen molar-refractivity contribution in [2.45, 2.75) is 56.7 Å². The summed E-state index contributed by atoms with van der Waals surface area (Å²) in [4.78, 5) is 0. The molecule has 1 aliphatic carbocycles. The van der Waals surface area contributed by atoms with Gasteiger partial charge < -0.3 is 10.1 Å². The van der Waals surface area contributed by atoms with Crippen molar-refractivity contribution in [1.29, 1.82) is 0 Å². The topological polar surface area (TPSA) is 21.3 Å². The Morgan fingerprint density at radius 3 is 2.47 bits per heavy atom. The molecule has 1 saturated heterocycles. The average Bonchev–Trinajstić information content (AvgIpc) is 2.38. The van der Waals surface area contributed by atoms with Crippen molar-refractivity contribution in [3.8, 4) is 0 Å². The number of thioether (sulfide) groups is 1. The van der Waals surface area contributed by atoms with E-state index in [1.807, 2.05) is 0 Å². The van der Waals surface area contributed by atoms with E-state index in [1.165, 1.54) is 50.8 Å². The van der Waals surface area contributed by atoms with Crippen LogP contribution in [0.2, 0.25) is 0 Å². The fourth-order valence-corrected chi connectivity index (χ4v) is 3.89. The van der Waals surface area contributed by atoms with Crippen molar-refractivity contribution in [2.24, 2.45) is 5.92 Å². The zero-order valence-electron chi connectivity index (χ0n) is 11.1. The first kappa shape index (κ1) is 13.7. The summed E-state index contributed by atoms with van der Waals surface area (Å²) in [7, 11) is 0. The monoisotopic (exact) mass is 257 g/mol. The van der Waals surface area contributed by atoms with Crippen molar-refractivity contribution < 1.29 is 4.74 Å². The molecule has 2 rings (SSSR count). The highest BCUT2D eigenvalue weighted by atomic mass is 32.2. The largest absolute Gasteiger partial charge is 0.381 e. The third-order valence-electron chi connectivity index (χ3n) is 4.07. The van der Waals surface area contributed by atoms with Gasteiger partial charge in [0.1, 0.15) is 0 Å². The number of hydrogen-bond donors (Lipinski definition) is 1. The minimum atomic E-state index is 0.807. The van der Waals surface area contributed by atoms with E-state index in [-0.39, 0.29) is 0 Å². The Morgan fingerprint density at radius 1 is 1.06 bits per heavy atom. The molecule has 0 radical (unpaired) electrons. The molecule has 2 nitrogen and oxygen atoms in total. The van der Waals surface area contributed by atoms with Crippen LogP contribution in [0.5, 0.6) is 0 Å². The van der Waals surface area contributed by atoms with Gasteiger partial charge in [0.2, 0.25) is 0 Å². The van der Waals surface area contributed by atoms with Crippen molar-refractivity contribution in [3.63, 3.8) is 0 Å². The van der Waals surface area contributed by atoms with Crippen molar-refractivity contribution in [1.82, 2.24) is 5.32 Å². The van der Waals surface area contributed by atoms with Gasteiger partial charge >= 0.3 is 0 Å². The van der Waals surface area contributed by atoms with Crippen LogP contribution in [-0.4, -0.2) is 36.8 Å². The highest BCUT2D eigenvalue weighted by molar-refractivity contribution is 7.99. The maximum Gasteiger partial charge on any atom is 0.0476 e. The third-order valence-corrected chi connectivity index (χ3v) is 5.46. The molecule has 0 spiro atoms. The number of nitrogens with one attached hydrogen (secondary N) is 1. The summed E-state index contributed by atoms with van der Waals surface area (Å²) in [6.45, 7) is 5.54. The van der Waals surface area contributed by atoms with Gasteiger partial charge in [0.05, 0.1) is 0 Å². The second-order valence-electron chi connectivity index (χ2n) is 5.59. The highest BCUT2D eigenvalue weighted by Crippen LogP contribution is 2.24. The Morgan fingerprint density at radius 2 is 1.76 bits per heavy atom. The van der Waals surface area contributed by atoms with Gasteiger partial charge in [-0.3, -0.25) is 0 Å². The minimum Gasteiger partial charge on any atom is -0.381 e. The lowest BCUT2D eigenvalue weighted by atomic mass is 9.87. The summed E-state index contributed by atoms with van der Waals surface area (Å²) < 4.78 is 5.38. The molecule has 0 aromatic carbocycles. The molecule has 1 saturated carbocycles. The Hall–Kier alpha value is 0.270. The van der Waals surface area contributed by atoms with Gasteiger partial charge in [-0.25, -0.2) is 0 Å². The summed E-state index contributed by atoms with van der Waals surface area (Å²) in [6, 6.07) is 0.807. The standard InChI is InChI=1S/C14H27NOS/c1-12-2-4-13(5-3-12)15-8-11-17-14-6-9-16-10-7-14/h12-15H,2-11H2,1H3. The molecule has 0 aromatic heterocycles. The van der Waals surface area contributed by atoms with Gasteiger partial charge in [0.25, 0.3) is 0 Å². The van der Waals surface area contributed by atoms with Crippen molar-refractivity contribution >= 4 is 11.8 Å². The van der Waals surface area contributed by atoms with Crippen LogP contribution in [0, 0.1) is 5.92 Å². The maximum atomic E-state index is 5.38. The SMILES string of the molecule is CC1CCC(NCCSC2CCOCC2)CC1. The molecule has 0 unspecified atom stereocenters. The highest BCUT2D eigenvalue weighted by Gasteiger charge is 2.18. The summed E-state index contributed by atoms with van der Waals surface area (Å²) in [5.41, 5.74) is 0. The van der Waals surface area contributed by atoms with Crippen LogP contribution in [0.4, 0.5) is 0 Å². The molecule has 0 aromatic rings. The molecule has 1 aliphatic heterocycles. The zero-order chi connectivity index (χ0) is 11.9. The molecular weight excluding hydrogens is 230 g/mol. The molecule has 1 N–H and O–H groups in total. The molecule has 1 heterocycles. The van der Waals surface area contributed by atoms with Crippen molar-refractivity contribution in [2.75, 3.05) is 25.5 Å². The first-order valence-electron chi connectivity index (χ1n) is 7.27. The Bertz CT molecular complexity index is 198. The van der Waals surface area contributed by atoms with Crippen LogP contribution in [0.15, 0.2) is 0 Å². The average molecular weight is 257 g/mol. The molecule has 0 amide bonds. The summed E-state index contributed by atoms with van der Waals surface area (Å²) >= 11 is 2.14. The van der Waals surface area contributed by atoms with Gasteiger partial charge in [-0.1, -0.05) is 6.92 Å². The van der Waals surface area contributed by atoms with Crippen LogP contribution >= 0.6 is 11.8 Å². The number of ether oxygens (including phenoxy) is 1. The predicted octanol–water partition coefficient (Wildman–Crippen LogP) is 3.07. The van der Waals surface area contributed by atoms with E-state index in [9.17, 15) is 0 Å². The van der Waals surface area contributed by atoms with Gasteiger partial charge in [-0.2, -0.15) is 11.8 Å². The van der Waals surface area contributed by atoms with E-state index < -0.39 is 0 Å². The maximum absolute atomic E-state index is 5.38.